The van der Waals surface area contributed by atoms with E-state index in [1.807, 2.05) is 30.3 Å². The number of nitrogens with zero attached hydrogens (tertiary/aromatic N) is 2. The van der Waals surface area contributed by atoms with E-state index in [1.54, 1.807) is 0 Å². The predicted molar refractivity (Wildman–Crippen MR) is 112 cm³/mol. The molecule has 0 aliphatic carbocycles. The highest BCUT2D eigenvalue weighted by Crippen LogP contribution is 2.30. The van der Waals surface area contributed by atoms with E-state index in [2.05, 4.69) is 15.9 Å². The molecule has 1 fully saturated rings. The summed E-state index contributed by atoms with van der Waals surface area (Å²) < 4.78 is 56.7. The summed E-state index contributed by atoms with van der Waals surface area (Å²) in [5.74, 6) is -1.64. The van der Waals surface area contributed by atoms with E-state index in [9.17, 15) is 17.6 Å². The molecule has 0 spiro atoms. The van der Waals surface area contributed by atoms with Gasteiger partial charge >= 0.3 is 6.18 Å². The van der Waals surface area contributed by atoms with Crippen LogP contribution < -0.4 is 20.4 Å². The van der Waals surface area contributed by atoms with Gasteiger partial charge in [0.15, 0.2) is 0 Å². The molecule has 0 bridgehead atoms. The van der Waals surface area contributed by atoms with Crippen LogP contribution in [0.5, 0.6) is 5.75 Å². The molecule has 1 saturated heterocycles. The van der Waals surface area contributed by atoms with E-state index in [4.69, 9.17) is 15.7 Å². The van der Waals surface area contributed by atoms with Crippen molar-refractivity contribution < 1.29 is 22.3 Å². The summed E-state index contributed by atoms with van der Waals surface area (Å²) in [5, 5.41) is 17.2. The van der Waals surface area contributed by atoms with Crippen LogP contribution in [0.3, 0.4) is 0 Å². The van der Waals surface area contributed by atoms with Crippen molar-refractivity contribution in [2.24, 2.45) is 5.22 Å². The van der Waals surface area contributed by atoms with Crippen molar-refractivity contribution in [1.82, 2.24) is 10.6 Å². The number of anilines is 1. The van der Waals surface area contributed by atoms with Crippen molar-refractivity contribution in [1.29, 1.82) is 10.9 Å². The van der Waals surface area contributed by atoms with Gasteiger partial charge in [0, 0.05) is 24.2 Å². The van der Waals surface area contributed by atoms with Crippen molar-refractivity contribution in [2.45, 2.75) is 37.6 Å². The maximum atomic E-state index is 13.0. The van der Waals surface area contributed by atoms with E-state index in [1.165, 1.54) is 18.2 Å². The molecule has 11 heteroatoms. The van der Waals surface area contributed by atoms with Gasteiger partial charge in [0.25, 0.3) is 0 Å². The molecular formula is C21H24F4N6O. The molecule has 1 aliphatic rings. The fraction of sp³-hybridized carbons (Fsp3) is 0.381. The molecule has 0 aromatic heterocycles. The Balaban J connectivity index is 1.83. The van der Waals surface area contributed by atoms with Gasteiger partial charge in [-0.3, -0.25) is 5.41 Å². The van der Waals surface area contributed by atoms with Crippen molar-refractivity contribution in [2.75, 3.05) is 18.4 Å². The van der Waals surface area contributed by atoms with Crippen molar-refractivity contribution in [3.8, 4) is 5.75 Å². The molecule has 32 heavy (non-hydrogen) atoms. The number of hydrogen-bond acceptors (Lipinski definition) is 6. The maximum absolute atomic E-state index is 13.0. The topological polar surface area (TPSA) is 96.6 Å². The first kappa shape index (κ1) is 23.6. The van der Waals surface area contributed by atoms with Crippen LogP contribution in [0.25, 0.3) is 0 Å². The second-order valence-electron chi connectivity index (χ2n) is 7.28. The van der Waals surface area contributed by atoms with E-state index < -0.39 is 18.9 Å². The molecule has 0 radical (unpaired) electrons. The largest absolute Gasteiger partial charge is 0.463 e. The Morgan fingerprint density at radius 1 is 1.22 bits per heavy atom. The summed E-state index contributed by atoms with van der Waals surface area (Å²) >= 11 is 0. The molecule has 2 aromatic rings. The van der Waals surface area contributed by atoms with Gasteiger partial charge < -0.3 is 15.4 Å². The zero-order valence-electron chi connectivity index (χ0n) is 17.1. The van der Waals surface area contributed by atoms with Crippen LogP contribution in [0.4, 0.5) is 23.2 Å². The van der Waals surface area contributed by atoms with E-state index >= 15 is 0 Å². The molecule has 0 unspecified atom stereocenters. The van der Waals surface area contributed by atoms with Gasteiger partial charge in [0.2, 0.25) is 12.7 Å². The minimum atomic E-state index is -4.98. The van der Waals surface area contributed by atoms with Gasteiger partial charge in [-0.05, 0) is 43.1 Å². The summed E-state index contributed by atoms with van der Waals surface area (Å²) in [4.78, 5) is 0. The molecule has 1 heterocycles. The minimum absolute atomic E-state index is 0.0264. The zero-order valence-corrected chi connectivity index (χ0v) is 17.1. The zero-order chi connectivity index (χ0) is 23.1. The molecule has 7 nitrogen and oxygen atoms in total. The number of benzene rings is 2. The SMILES string of the molecule is N=NN(C(=N)C(F)(F)F)c1ccc(OCF)c(CN[C@H]2CCCN[C@H]2c2ccccc2)c1. The Hall–Kier alpha value is -3.05. The monoisotopic (exact) mass is 452 g/mol. The Kier molecular flexibility index (Phi) is 7.75. The van der Waals surface area contributed by atoms with Gasteiger partial charge in [-0.25, -0.2) is 4.39 Å². The summed E-state index contributed by atoms with van der Waals surface area (Å²) in [6.07, 6.45) is -3.16. The predicted octanol–water partition coefficient (Wildman–Crippen LogP) is 4.87. The van der Waals surface area contributed by atoms with Crippen LogP contribution in [0.2, 0.25) is 0 Å². The first-order valence-corrected chi connectivity index (χ1v) is 10.0. The molecule has 2 atom stereocenters. The third-order valence-corrected chi connectivity index (χ3v) is 5.25. The van der Waals surface area contributed by atoms with Crippen LogP contribution in [0.15, 0.2) is 53.8 Å². The third kappa shape index (κ3) is 5.60. The highest BCUT2D eigenvalue weighted by molar-refractivity contribution is 5.98. The first-order valence-electron chi connectivity index (χ1n) is 10.0. The molecule has 172 valence electrons. The van der Waals surface area contributed by atoms with Crippen LogP contribution in [-0.4, -0.2) is 31.5 Å². The molecule has 0 saturated carbocycles. The maximum Gasteiger partial charge on any atom is 0.451 e. The Labute approximate surface area is 182 Å². The fourth-order valence-electron chi connectivity index (χ4n) is 3.75. The first-order chi connectivity index (χ1) is 15.3. The van der Waals surface area contributed by atoms with Crippen molar-refractivity contribution >= 4 is 11.5 Å². The standard InChI is InChI=1S/C21H24F4N6O/c22-13-32-18-9-8-16(31(30-27)20(26)21(23,24)25)11-15(18)12-29-17-7-4-10-28-19(17)14-5-2-1-3-6-14/h1-3,5-6,8-9,11,17,19,26-29H,4,7,10,12-13H2/t17-,19-/m0/s1. The number of rotatable bonds is 8. The molecule has 3 rings (SSSR count). The lowest BCUT2D eigenvalue weighted by atomic mass is 9.92. The molecule has 1 aliphatic heterocycles. The lowest BCUT2D eigenvalue weighted by Crippen LogP contribution is -2.45. The van der Waals surface area contributed by atoms with Crippen molar-refractivity contribution in [3.63, 3.8) is 0 Å². The van der Waals surface area contributed by atoms with Crippen LogP contribution >= 0.6 is 0 Å². The van der Waals surface area contributed by atoms with Crippen LogP contribution in [-0.2, 0) is 6.54 Å². The second kappa shape index (κ2) is 10.5. The third-order valence-electron chi connectivity index (χ3n) is 5.25. The number of hydrogen-bond donors (Lipinski definition) is 4. The highest BCUT2D eigenvalue weighted by Gasteiger charge is 2.40. The fourth-order valence-corrected chi connectivity index (χ4v) is 3.75. The van der Waals surface area contributed by atoms with E-state index in [0.29, 0.717) is 5.56 Å². The smallest absolute Gasteiger partial charge is 0.451 e. The lowest BCUT2D eigenvalue weighted by molar-refractivity contribution is -0.0610. The van der Waals surface area contributed by atoms with Gasteiger partial charge in [-0.2, -0.15) is 23.7 Å². The quantitative estimate of drug-likeness (QED) is 0.151. The number of alkyl halides is 4. The Morgan fingerprint density at radius 2 is 1.97 bits per heavy atom. The van der Waals surface area contributed by atoms with Crippen LogP contribution in [0.1, 0.15) is 30.0 Å². The van der Waals surface area contributed by atoms with Crippen molar-refractivity contribution in [3.05, 3.63) is 59.7 Å². The average molecular weight is 452 g/mol. The Bertz CT molecular complexity index is 924. The molecular weight excluding hydrogens is 428 g/mol. The molecule has 4 N–H and O–H groups in total. The number of nitrogens with one attached hydrogen (secondary N) is 4. The number of amidine groups is 1. The summed E-state index contributed by atoms with van der Waals surface area (Å²) in [6.45, 7) is -0.0537. The molecule has 0 amide bonds. The number of ether oxygens (including phenoxy) is 1. The molecule has 2 aromatic carbocycles. The normalized spacial score (nSPS) is 18.8. The van der Waals surface area contributed by atoms with Gasteiger partial charge in [-0.15, -0.1) is 0 Å². The van der Waals surface area contributed by atoms with E-state index in [0.717, 1.165) is 24.9 Å². The van der Waals surface area contributed by atoms with Crippen LogP contribution in [0, 0.1) is 10.9 Å². The Morgan fingerprint density at radius 3 is 2.62 bits per heavy atom. The summed E-state index contributed by atoms with van der Waals surface area (Å²) in [5.41, 5.74) is 8.44. The second-order valence-corrected chi connectivity index (χ2v) is 7.28. The number of piperidine rings is 1. The lowest BCUT2D eigenvalue weighted by Gasteiger charge is -2.34. The highest BCUT2D eigenvalue weighted by atomic mass is 19.4. The summed E-state index contributed by atoms with van der Waals surface area (Å²) in [7, 11) is 0. The number of halogens is 4. The average Bonchev–Trinajstić information content (AvgIpc) is 2.79. The summed E-state index contributed by atoms with van der Waals surface area (Å²) in [6, 6.07) is 13.8. The van der Waals surface area contributed by atoms with Gasteiger partial charge in [-0.1, -0.05) is 35.6 Å². The van der Waals surface area contributed by atoms with Gasteiger partial charge in [0.1, 0.15) is 5.75 Å². The minimum Gasteiger partial charge on any atom is -0.463 e. The van der Waals surface area contributed by atoms with E-state index in [-0.39, 0.29) is 35.1 Å². The van der Waals surface area contributed by atoms with Gasteiger partial charge in [0.05, 0.1) is 5.69 Å².